The van der Waals surface area contributed by atoms with Crippen molar-refractivity contribution in [1.29, 1.82) is 0 Å². The summed E-state index contributed by atoms with van der Waals surface area (Å²) in [5.41, 5.74) is 4.99. The summed E-state index contributed by atoms with van der Waals surface area (Å²) in [5.74, 6) is -0.0132. The number of unbranched alkanes of at least 4 members (excludes halogenated alkanes) is 1. The molecule has 0 spiro atoms. The lowest BCUT2D eigenvalue weighted by molar-refractivity contribution is 0.0580. The topological polar surface area (TPSA) is 111 Å². The number of hydrazone groups is 1. The Balaban J connectivity index is 1.63. The number of imide groups is 1. The molecule has 1 aliphatic heterocycles. The number of H-pyrrole nitrogens is 1. The van der Waals surface area contributed by atoms with Crippen LogP contribution in [0.1, 0.15) is 52.0 Å². The third-order valence-corrected chi connectivity index (χ3v) is 5.48. The second-order valence-electron chi connectivity index (χ2n) is 7.23. The second kappa shape index (κ2) is 8.87. The van der Waals surface area contributed by atoms with Crippen molar-refractivity contribution < 1.29 is 14.7 Å². The summed E-state index contributed by atoms with van der Waals surface area (Å²) in [5, 5.41) is 15.2. The number of carbonyl (C=O) groups is 2. The highest BCUT2D eigenvalue weighted by atomic mass is 35.5. The number of imidazole rings is 1. The molecule has 31 heavy (non-hydrogen) atoms. The molecule has 9 heteroatoms. The van der Waals surface area contributed by atoms with Gasteiger partial charge in [0.25, 0.3) is 11.8 Å². The number of aromatic nitrogens is 2. The van der Waals surface area contributed by atoms with Crippen molar-refractivity contribution in [1.82, 2.24) is 14.9 Å². The van der Waals surface area contributed by atoms with E-state index in [9.17, 15) is 14.7 Å². The predicted octanol–water partition coefficient (Wildman–Crippen LogP) is 3.59. The van der Waals surface area contributed by atoms with Gasteiger partial charge in [0.15, 0.2) is 0 Å². The van der Waals surface area contributed by atoms with Crippen LogP contribution in [0.2, 0.25) is 5.15 Å². The maximum atomic E-state index is 12.7. The van der Waals surface area contributed by atoms with E-state index < -0.39 is 11.8 Å². The minimum Gasteiger partial charge on any atom is -0.395 e. The zero-order chi connectivity index (χ0) is 22.0. The molecule has 0 bridgehead atoms. The molecule has 0 fully saturated rings. The van der Waals surface area contributed by atoms with Gasteiger partial charge in [-0.05, 0) is 24.6 Å². The van der Waals surface area contributed by atoms with Gasteiger partial charge in [0.1, 0.15) is 16.7 Å². The lowest BCUT2D eigenvalue weighted by Crippen LogP contribution is -2.41. The molecule has 2 amide bonds. The summed E-state index contributed by atoms with van der Waals surface area (Å²) < 4.78 is 0. The maximum Gasteiger partial charge on any atom is 0.261 e. The summed E-state index contributed by atoms with van der Waals surface area (Å²) in [6, 6.07) is 8.66. The number of halogens is 1. The molecule has 1 aliphatic rings. The number of aliphatic hydroxyl groups is 1. The maximum absolute atomic E-state index is 12.7. The zero-order valence-electron chi connectivity index (χ0n) is 17.0. The largest absolute Gasteiger partial charge is 0.395 e. The highest BCUT2D eigenvalue weighted by molar-refractivity contribution is 6.31. The fourth-order valence-corrected chi connectivity index (χ4v) is 3.87. The molecule has 160 valence electrons. The number of benzene rings is 2. The van der Waals surface area contributed by atoms with Gasteiger partial charge in [0.2, 0.25) is 0 Å². The molecule has 0 radical (unpaired) electrons. The first-order valence-corrected chi connectivity index (χ1v) is 10.5. The van der Waals surface area contributed by atoms with E-state index in [2.05, 4.69) is 27.4 Å². The smallest absolute Gasteiger partial charge is 0.261 e. The number of β-amino-alcohol motifs (C(OH)–C–C–N with tert-alkyl or cyclic N) is 1. The Morgan fingerprint density at radius 3 is 2.74 bits per heavy atom. The first-order chi connectivity index (χ1) is 15.0. The van der Waals surface area contributed by atoms with Crippen LogP contribution in [0, 0.1) is 0 Å². The summed E-state index contributed by atoms with van der Waals surface area (Å²) in [6.45, 7) is 1.79. The summed E-state index contributed by atoms with van der Waals surface area (Å²) in [7, 11) is 0. The van der Waals surface area contributed by atoms with Gasteiger partial charge in [0.05, 0.1) is 25.1 Å². The molecular weight excluding hydrogens is 418 g/mol. The predicted molar refractivity (Wildman–Crippen MR) is 120 cm³/mol. The first kappa shape index (κ1) is 21.0. The molecule has 0 unspecified atom stereocenters. The summed E-state index contributed by atoms with van der Waals surface area (Å²) >= 11 is 6.21. The fraction of sp³-hybridized carbons (Fsp3) is 0.273. The van der Waals surface area contributed by atoms with Gasteiger partial charge >= 0.3 is 0 Å². The third kappa shape index (κ3) is 3.92. The zero-order valence-corrected chi connectivity index (χ0v) is 17.7. The van der Waals surface area contributed by atoms with Crippen molar-refractivity contribution in [2.45, 2.75) is 26.2 Å². The third-order valence-electron chi connectivity index (χ3n) is 5.19. The molecule has 0 saturated carbocycles. The van der Waals surface area contributed by atoms with Crippen LogP contribution in [-0.2, 0) is 6.42 Å². The average Bonchev–Trinajstić information content (AvgIpc) is 3.13. The van der Waals surface area contributed by atoms with E-state index >= 15 is 0 Å². The molecular formula is C22H22ClN5O3. The minimum absolute atomic E-state index is 0.0392. The number of aromatic amines is 1. The molecule has 8 nitrogen and oxygen atoms in total. The average molecular weight is 440 g/mol. The van der Waals surface area contributed by atoms with Crippen molar-refractivity contribution in [3.63, 3.8) is 0 Å². The Morgan fingerprint density at radius 1 is 1.23 bits per heavy atom. The summed E-state index contributed by atoms with van der Waals surface area (Å²) in [4.78, 5) is 34.1. The van der Waals surface area contributed by atoms with Crippen molar-refractivity contribution in [3.8, 4) is 0 Å². The number of carbonyl (C=O) groups excluding carboxylic acids is 2. The Bertz CT molecular complexity index is 1170. The van der Waals surface area contributed by atoms with Crippen LogP contribution in [0.15, 0.2) is 35.4 Å². The fourth-order valence-electron chi connectivity index (χ4n) is 3.67. The number of amides is 2. The quantitative estimate of drug-likeness (QED) is 0.282. The number of aryl methyl sites for hydroxylation is 1. The van der Waals surface area contributed by atoms with Crippen LogP contribution in [-0.4, -0.2) is 51.2 Å². The van der Waals surface area contributed by atoms with E-state index in [-0.39, 0.29) is 13.2 Å². The van der Waals surface area contributed by atoms with Crippen LogP contribution in [0.25, 0.3) is 10.8 Å². The van der Waals surface area contributed by atoms with Gasteiger partial charge in [-0.25, -0.2) is 4.98 Å². The summed E-state index contributed by atoms with van der Waals surface area (Å²) in [6.07, 6.45) is 4.44. The molecule has 0 atom stereocenters. The minimum atomic E-state index is -0.416. The molecule has 0 saturated heterocycles. The van der Waals surface area contributed by atoms with E-state index in [1.54, 1.807) is 24.3 Å². The van der Waals surface area contributed by atoms with Gasteiger partial charge in [0, 0.05) is 28.3 Å². The molecule has 3 N–H and O–H groups in total. The van der Waals surface area contributed by atoms with Gasteiger partial charge < -0.3 is 10.1 Å². The number of hydrogen-bond donors (Lipinski definition) is 3. The lowest BCUT2D eigenvalue weighted by Gasteiger charge is -2.27. The van der Waals surface area contributed by atoms with E-state index in [1.165, 1.54) is 6.21 Å². The molecule has 3 aromatic rings. The van der Waals surface area contributed by atoms with Crippen molar-refractivity contribution in [2.24, 2.45) is 5.10 Å². The standard InChI is InChI=1S/C22H22ClN5O3/c1-2-3-7-18-25-17(20(23)26-18)12-24-27-16-9-8-15-19-13(16)5-4-6-14(19)21(30)28(10-11-29)22(15)31/h4-6,8-9,12,27,29H,2-3,7,10-11H2,1H3,(H,25,26)/b24-12+. The number of nitrogens with one attached hydrogen (secondary N) is 2. The van der Waals surface area contributed by atoms with Crippen LogP contribution < -0.4 is 5.43 Å². The molecule has 2 aromatic carbocycles. The van der Waals surface area contributed by atoms with E-state index in [4.69, 9.17) is 11.6 Å². The second-order valence-corrected chi connectivity index (χ2v) is 7.61. The highest BCUT2D eigenvalue weighted by Gasteiger charge is 2.32. The van der Waals surface area contributed by atoms with Gasteiger partial charge in [-0.15, -0.1) is 0 Å². The normalized spacial score (nSPS) is 13.6. The van der Waals surface area contributed by atoms with Crippen molar-refractivity contribution in [3.05, 3.63) is 58.1 Å². The van der Waals surface area contributed by atoms with Crippen LogP contribution >= 0.6 is 11.6 Å². The van der Waals surface area contributed by atoms with Crippen LogP contribution in [0.3, 0.4) is 0 Å². The van der Waals surface area contributed by atoms with Gasteiger partial charge in [-0.2, -0.15) is 5.10 Å². The number of aliphatic hydroxyl groups excluding tert-OH is 1. The number of hydrogen-bond acceptors (Lipinski definition) is 6. The van der Waals surface area contributed by atoms with E-state index in [1.807, 2.05) is 6.07 Å². The number of rotatable bonds is 8. The Kier molecular flexibility index (Phi) is 6.01. The Labute approximate surface area is 183 Å². The van der Waals surface area contributed by atoms with E-state index in [0.717, 1.165) is 30.0 Å². The Morgan fingerprint density at radius 2 is 2.00 bits per heavy atom. The molecule has 1 aromatic heterocycles. The van der Waals surface area contributed by atoms with Gasteiger partial charge in [-0.1, -0.05) is 37.1 Å². The monoisotopic (exact) mass is 439 g/mol. The van der Waals surface area contributed by atoms with Crippen LogP contribution in [0.5, 0.6) is 0 Å². The lowest BCUT2D eigenvalue weighted by atomic mass is 9.93. The van der Waals surface area contributed by atoms with Crippen molar-refractivity contribution >= 4 is 46.1 Å². The highest BCUT2D eigenvalue weighted by Crippen LogP contribution is 2.34. The number of nitrogens with zero attached hydrogens (tertiary/aromatic N) is 3. The van der Waals surface area contributed by atoms with Crippen LogP contribution in [0.4, 0.5) is 5.69 Å². The number of anilines is 1. The molecule has 4 rings (SSSR count). The Hall–Kier alpha value is -3.23. The van der Waals surface area contributed by atoms with E-state index in [0.29, 0.717) is 38.4 Å². The molecule has 0 aliphatic carbocycles. The van der Waals surface area contributed by atoms with Gasteiger partial charge in [-0.3, -0.25) is 19.9 Å². The van der Waals surface area contributed by atoms with Crippen molar-refractivity contribution in [2.75, 3.05) is 18.6 Å². The SMILES string of the molecule is CCCCc1nc(/C=N/Nc2ccc3c4c(cccc24)C(=O)N(CCO)C3=O)c(Cl)[nH]1. The first-order valence-electron chi connectivity index (χ1n) is 10.1. The molecule has 2 heterocycles.